The van der Waals surface area contributed by atoms with Crippen molar-refractivity contribution in [3.63, 3.8) is 0 Å². The van der Waals surface area contributed by atoms with Gasteiger partial charge in [0.25, 0.3) is 11.8 Å². The predicted octanol–water partition coefficient (Wildman–Crippen LogP) is 5.48. The first-order chi connectivity index (χ1) is 15.4. The molecule has 0 spiro atoms. The molecule has 1 saturated heterocycles. The molecule has 3 aromatic rings. The third-order valence-electron chi connectivity index (χ3n) is 5.43. The maximum atomic E-state index is 13.0. The molecule has 0 atom stereocenters. The van der Waals surface area contributed by atoms with Gasteiger partial charge in [-0.05, 0) is 68.7 Å². The number of halogens is 1. The lowest BCUT2D eigenvalue weighted by Gasteiger charge is -2.18. The van der Waals surface area contributed by atoms with Crippen LogP contribution in [0.3, 0.4) is 0 Å². The van der Waals surface area contributed by atoms with Gasteiger partial charge < -0.3 is 15.0 Å². The fraction of sp³-hybridized carbons (Fsp3) is 0.292. The molecule has 2 aromatic carbocycles. The fourth-order valence-electron chi connectivity index (χ4n) is 3.67. The van der Waals surface area contributed by atoms with Gasteiger partial charge in [-0.15, -0.1) is 11.3 Å². The normalized spacial score (nSPS) is 13.3. The number of benzene rings is 2. The quantitative estimate of drug-likeness (QED) is 0.518. The van der Waals surface area contributed by atoms with E-state index in [9.17, 15) is 9.59 Å². The van der Waals surface area contributed by atoms with Gasteiger partial charge in [0.05, 0.1) is 5.69 Å². The zero-order valence-electron chi connectivity index (χ0n) is 18.0. The van der Waals surface area contributed by atoms with Crippen molar-refractivity contribution in [2.45, 2.75) is 33.3 Å². The minimum Gasteiger partial charge on any atom is -0.486 e. The Labute approximate surface area is 196 Å². The van der Waals surface area contributed by atoms with E-state index in [2.05, 4.69) is 10.3 Å². The lowest BCUT2D eigenvalue weighted by Crippen LogP contribution is -2.28. The number of nitrogens with zero attached hydrogens (tertiary/aromatic N) is 2. The molecule has 1 N–H and O–H groups in total. The van der Waals surface area contributed by atoms with Gasteiger partial charge in [0, 0.05) is 29.4 Å². The number of rotatable bonds is 6. The van der Waals surface area contributed by atoms with Gasteiger partial charge in [0.15, 0.2) is 0 Å². The number of anilines is 1. The predicted molar refractivity (Wildman–Crippen MR) is 127 cm³/mol. The monoisotopic (exact) mass is 469 g/mol. The largest absolute Gasteiger partial charge is 0.486 e. The van der Waals surface area contributed by atoms with E-state index in [4.69, 9.17) is 16.3 Å². The van der Waals surface area contributed by atoms with Crippen molar-refractivity contribution < 1.29 is 14.3 Å². The number of aromatic nitrogens is 1. The van der Waals surface area contributed by atoms with Crippen molar-refractivity contribution in [2.24, 2.45) is 0 Å². The van der Waals surface area contributed by atoms with Crippen LogP contribution in [0.4, 0.5) is 5.69 Å². The summed E-state index contributed by atoms with van der Waals surface area (Å²) in [7, 11) is 0. The molecule has 0 bridgehead atoms. The Morgan fingerprint density at radius 3 is 2.56 bits per heavy atom. The van der Waals surface area contributed by atoms with Gasteiger partial charge in [-0.3, -0.25) is 9.59 Å². The number of aryl methyl sites for hydroxylation is 1. The van der Waals surface area contributed by atoms with E-state index < -0.39 is 0 Å². The van der Waals surface area contributed by atoms with Crippen LogP contribution >= 0.6 is 22.9 Å². The van der Waals surface area contributed by atoms with Gasteiger partial charge in [-0.2, -0.15) is 0 Å². The van der Waals surface area contributed by atoms with E-state index in [0.29, 0.717) is 37.6 Å². The van der Waals surface area contributed by atoms with Crippen LogP contribution in [0.1, 0.15) is 49.1 Å². The lowest BCUT2D eigenvalue weighted by atomic mass is 10.1. The number of ether oxygens (including phenoxy) is 1. The first-order valence-corrected chi connectivity index (χ1v) is 11.7. The first-order valence-electron chi connectivity index (χ1n) is 10.5. The number of likely N-dealkylation sites (tertiary alicyclic amines) is 1. The number of carbonyl (C=O) groups is 2. The maximum absolute atomic E-state index is 13.0. The average Bonchev–Trinajstić information content (AvgIpc) is 3.44. The highest BCUT2D eigenvalue weighted by atomic mass is 35.5. The summed E-state index contributed by atoms with van der Waals surface area (Å²) in [6.07, 6.45) is 2.08. The Hall–Kier alpha value is -2.90. The van der Waals surface area contributed by atoms with E-state index in [0.717, 1.165) is 31.5 Å². The molecule has 6 nitrogen and oxygen atoms in total. The molecule has 0 aliphatic carbocycles. The summed E-state index contributed by atoms with van der Waals surface area (Å²) >= 11 is 7.19. The molecule has 0 radical (unpaired) electrons. The topological polar surface area (TPSA) is 71.5 Å². The molecule has 1 aliphatic heterocycles. The molecule has 2 heterocycles. The first kappa shape index (κ1) is 22.3. The maximum Gasteiger partial charge on any atom is 0.267 e. The van der Waals surface area contributed by atoms with Crippen LogP contribution in [0, 0.1) is 13.8 Å². The van der Waals surface area contributed by atoms with E-state index >= 15 is 0 Å². The number of hydrogen-bond donors (Lipinski definition) is 1. The molecule has 1 aromatic heterocycles. The molecule has 166 valence electrons. The molecule has 1 fully saturated rings. The standard InChI is InChI=1S/C24H24ClN3O3S/c1-15-19(24(30)28-12-3-4-13-28)6-5-7-20(15)27-23(29)22-16(2)26-21(32-22)14-31-18-10-8-17(25)9-11-18/h5-11H,3-4,12-14H2,1-2H3,(H,27,29). The second kappa shape index (κ2) is 9.71. The Bertz CT molecular complexity index is 1140. The van der Waals surface area contributed by atoms with Gasteiger partial charge in [-0.25, -0.2) is 4.98 Å². The summed E-state index contributed by atoms with van der Waals surface area (Å²) in [5.74, 6) is 0.460. The molecule has 2 amide bonds. The number of nitrogens with one attached hydrogen (secondary N) is 1. The van der Waals surface area contributed by atoms with Crippen molar-refractivity contribution in [3.8, 4) is 5.75 Å². The van der Waals surface area contributed by atoms with Crippen LogP contribution in [-0.4, -0.2) is 34.8 Å². The molecular formula is C24H24ClN3O3S. The van der Waals surface area contributed by atoms with Crippen molar-refractivity contribution in [3.05, 3.63) is 74.2 Å². The van der Waals surface area contributed by atoms with Crippen molar-refractivity contribution in [1.82, 2.24) is 9.88 Å². The minimum absolute atomic E-state index is 0.0201. The Morgan fingerprint density at radius 1 is 1.12 bits per heavy atom. The van der Waals surface area contributed by atoms with Gasteiger partial charge in [0.1, 0.15) is 22.2 Å². The Balaban J connectivity index is 1.45. The van der Waals surface area contributed by atoms with Crippen LogP contribution in [0.25, 0.3) is 0 Å². The fourth-order valence-corrected chi connectivity index (χ4v) is 4.67. The summed E-state index contributed by atoms with van der Waals surface area (Å²) in [5, 5.41) is 4.30. The zero-order valence-corrected chi connectivity index (χ0v) is 19.6. The zero-order chi connectivity index (χ0) is 22.7. The van der Waals surface area contributed by atoms with E-state index in [1.54, 1.807) is 37.3 Å². The van der Waals surface area contributed by atoms with E-state index in [1.165, 1.54) is 11.3 Å². The Kier molecular flexibility index (Phi) is 6.77. The van der Waals surface area contributed by atoms with Crippen molar-refractivity contribution in [1.29, 1.82) is 0 Å². The Morgan fingerprint density at radius 2 is 1.84 bits per heavy atom. The third kappa shape index (κ3) is 4.95. The second-order valence-corrected chi connectivity index (χ2v) is 9.22. The summed E-state index contributed by atoms with van der Waals surface area (Å²) in [4.78, 5) is 32.6. The van der Waals surface area contributed by atoms with Crippen LogP contribution < -0.4 is 10.1 Å². The summed E-state index contributed by atoms with van der Waals surface area (Å²) in [6.45, 7) is 5.51. The highest BCUT2D eigenvalue weighted by Crippen LogP contribution is 2.26. The second-order valence-electron chi connectivity index (χ2n) is 7.70. The van der Waals surface area contributed by atoms with Crippen LogP contribution in [-0.2, 0) is 6.61 Å². The molecule has 1 aliphatic rings. The smallest absolute Gasteiger partial charge is 0.267 e. The minimum atomic E-state index is -0.244. The summed E-state index contributed by atoms with van der Waals surface area (Å²) in [6, 6.07) is 12.5. The van der Waals surface area contributed by atoms with E-state index in [1.807, 2.05) is 24.0 Å². The highest BCUT2D eigenvalue weighted by Gasteiger charge is 2.23. The number of carbonyl (C=O) groups excluding carboxylic acids is 2. The molecule has 8 heteroatoms. The number of thiazole rings is 1. The van der Waals surface area contributed by atoms with Crippen molar-refractivity contribution in [2.75, 3.05) is 18.4 Å². The SMILES string of the molecule is Cc1nc(COc2ccc(Cl)cc2)sc1C(=O)Nc1cccc(C(=O)N2CCCC2)c1C. The van der Waals surface area contributed by atoms with Crippen LogP contribution in [0.15, 0.2) is 42.5 Å². The van der Waals surface area contributed by atoms with Crippen LogP contribution in [0.5, 0.6) is 5.75 Å². The van der Waals surface area contributed by atoms with Gasteiger partial charge in [0.2, 0.25) is 0 Å². The molecule has 32 heavy (non-hydrogen) atoms. The van der Waals surface area contributed by atoms with Crippen LogP contribution in [0.2, 0.25) is 5.02 Å². The van der Waals surface area contributed by atoms with Crippen molar-refractivity contribution >= 4 is 40.4 Å². The summed E-state index contributed by atoms with van der Waals surface area (Å²) in [5.41, 5.74) is 2.67. The molecular weight excluding hydrogens is 446 g/mol. The number of amides is 2. The third-order valence-corrected chi connectivity index (χ3v) is 6.81. The van der Waals surface area contributed by atoms with Gasteiger partial charge >= 0.3 is 0 Å². The molecule has 0 unspecified atom stereocenters. The highest BCUT2D eigenvalue weighted by molar-refractivity contribution is 7.13. The lowest BCUT2D eigenvalue weighted by molar-refractivity contribution is 0.0791. The van der Waals surface area contributed by atoms with Gasteiger partial charge in [-0.1, -0.05) is 17.7 Å². The molecule has 0 saturated carbocycles. The average molecular weight is 470 g/mol. The van der Waals surface area contributed by atoms with E-state index in [-0.39, 0.29) is 18.4 Å². The summed E-state index contributed by atoms with van der Waals surface area (Å²) < 4.78 is 5.74. The number of hydrogen-bond acceptors (Lipinski definition) is 5. The molecule has 4 rings (SSSR count).